The summed E-state index contributed by atoms with van der Waals surface area (Å²) < 4.78 is 26.5. The molecule has 1 aliphatic heterocycles. The Labute approximate surface area is 200 Å². The van der Waals surface area contributed by atoms with Gasteiger partial charge in [0.1, 0.15) is 23.4 Å². The van der Waals surface area contributed by atoms with Crippen molar-refractivity contribution in [3.05, 3.63) is 58.9 Å². The monoisotopic (exact) mass is 467 g/mol. The lowest BCUT2D eigenvalue weighted by Gasteiger charge is -2.30. The number of hydrogen-bond acceptors (Lipinski definition) is 4. The first kappa shape index (κ1) is 23.2. The van der Waals surface area contributed by atoms with E-state index in [-0.39, 0.29) is 35.9 Å². The molecule has 1 amide bonds. The number of amides is 1. The standard InChI is InChI=1S/C28H34FNO4/c1-17-22(4-2-5-23(17)29)27-14-10-19-16-21(13-15-26(19)34-27)33-20-11-8-18(9-12-20)28(32)30-24-6-3-7-25(24)31/h2,4-5,13,15-16,18,20,24-25,27,31H,3,6-12,14H2,1H3,(H,30,32). The van der Waals surface area contributed by atoms with Gasteiger partial charge in [-0.25, -0.2) is 4.39 Å². The van der Waals surface area contributed by atoms with Crippen LogP contribution in [-0.2, 0) is 11.2 Å². The summed E-state index contributed by atoms with van der Waals surface area (Å²) in [6, 6.07) is 11.0. The molecule has 1 heterocycles. The molecule has 2 aromatic rings. The van der Waals surface area contributed by atoms with Crippen molar-refractivity contribution in [2.75, 3.05) is 0 Å². The van der Waals surface area contributed by atoms with E-state index < -0.39 is 6.10 Å². The van der Waals surface area contributed by atoms with Crippen LogP contribution in [0.5, 0.6) is 11.5 Å². The van der Waals surface area contributed by atoms with Gasteiger partial charge >= 0.3 is 0 Å². The molecule has 2 fully saturated rings. The van der Waals surface area contributed by atoms with Crippen LogP contribution >= 0.6 is 0 Å². The average molecular weight is 468 g/mol. The number of rotatable bonds is 5. The van der Waals surface area contributed by atoms with E-state index in [9.17, 15) is 14.3 Å². The molecule has 0 radical (unpaired) electrons. The zero-order chi connectivity index (χ0) is 23.7. The van der Waals surface area contributed by atoms with Crippen molar-refractivity contribution in [2.45, 2.75) is 89.1 Å². The lowest BCUT2D eigenvalue weighted by Crippen LogP contribution is -2.44. The quantitative estimate of drug-likeness (QED) is 0.637. The van der Waals surface area contributed by atoms with E-state index in [0.717, 1.165) is 80.4 Å². The minimum atomic E-state index is -0.398. The molecule has 2 aromatic carbocycles. The fourth-order valence-electron chi connectivity index (χ4n) is 5.67. The number of aryl methyl sites for hydroxylation is 1. The van der Waals surface area contributed by atoms with Crippen LogP contribution in [0.1, 0.15) is 74.2 Å². The number of aliphatic hydroxyl groups is 1. The van der Waals surface area contributed by atoms with Gasteiger partial charge in [0.2, 0.25) is 5.91 Å². The number of carbonyl (C=O) groups is 1. The summed E-state index contributed by atoms with van der Waals surface area (Å²) >= 11 is 0. The van der Waals surface area contributed by atoms with Crippen molar-refractivity contribution in [3.63, 3.8) is 0 Å². The van der Waals surface area contributed by atoms with Crippen LogP contribution in [0.3, 0.4) is 0 Å². The lowest BCUT2D eigenvalue weighted by molar-refractivity contribution is -0.127. The van der Waals surface area contributed by atoms with E-state index in [1.165, 1.54) is 6.07 Å². The second-order valence-electron chi connectivity index (χ2n) is 10.1. The zero-order valence-electron chi connectivity index (χ0n) is 19.8. The Bertz CT molecular complexity index is 1030. The van der Waals surface area contributed by atoms with Gasteiger partial charge < -0.3 is 19.9 Å². The van der Waals surface area contributed by atoms with Gasteiger partial charge in [-0.2, -0.15) is 0 Å². The lowest BCUT2D eigenvalue weighted by atomic mass is 9.86. The van der Waals surface area contributed by atoms with Gasteiger partial charge in [-0.1, -0.05) is 12.1 Å². The molecule has 2 N–H and O–H groups in total. The van der Waals surface area contributed by atoms with Crippen LogP contribution in [-0.4, -0.2) is 29.3 Å². The molecule has 0 spiro atoms. The minimum Gasteiger partial charge on any atom is -0.490 e. The van der Waals surface area contributed by atoms with Gasteiger partial charge in [-0.15, -0.1) is 0 Å². The molecule has 34 heavy (non-hydrogen) atoms. The summed E-state index contributed by atoms with van der Waals surface area (Å²) in [6.45, 7) is 1.80. The third kappa shape index (κ3) is 4.92. The van der Waals surface area contributed by atoms with Gasteiger partial charge in [-0.05, 0) is 106 Å². The number of fused-ring (bicyclic) bond motifs is 1. The normalized spacial score (nSPS) is 28.6. The molecular weight excluding hydrogens is 433 g/mol. The van der Waals surface area contributed by atoms with E-state index in [0.29, 0.717) is 5.56 Å². The van der Waals surface area contributed by atoms with Crippen molar-refractivity contribution in [1.82, 2.24) is 5.32 Å². The van der Waals surface area contributed by atoms with Gasteiger partial charge in [0.25, 0.3) is 0 Å². The Morgan fingerprint density at radius 1 is 1.09 bits per heavy atom. The Morgan fingerprint density at radius 2 is 1.91 bits per heavy atom. The Kier molecular flexibility index (Phi) is 6.77. The number of nitrogens with one attached hydrogen (secondary N) is 1. The molecule has 0 saturated heterocycles. The first-order valence-electron chi connectivity index (χ1n) is 12.7. The zero-order valence-corrected chi connectivity index (χ0v) is 19.8. The third-order valence-electron chi connectivity index (χ3n) is 7.79. The number of benzene rings is 2. The Morgan fingerprint density at radius 3 is 2.68 bits per heavy atom. The molecule has 5 rings (SSSR count). The summed E-state index contributed by atoms with van der Waals surface area (Å²) in [5, 5.41) is 13.0. The van der Waals surface area contributed by atoms with Crippen molar-refractivity contribution in [2.24, 2.45) is 5.92 Å². The van der Waals surface area contributed by atoms with Gasteiger partial charge in [0.05, 0.1) is 18.2 Å². The van der Waals surface area contributed by atoms with E-state index in [1.54, 1.807) is 13.0 Å². The van der Waals surface area contributed by atoms with Crippen LogP contribution in [0, 0.1) is 18.7 Å². The van der Waals surface area contributed by atoms with Gasteiger partial charge in [-0.3, -0.25) is 4.79 Å². The van der Waals surface area contributed by atoms with Crippen molar-refractivity contribution in [3.8, 4) is 11.5 Å². The highest BCUT2D eigenvalue weighted by atomic mass is 19.1. The van der Waals surface area contributed by atoms with E-state index in [1.807, 2.05) is 18.2 Å². The maximum Gasteiger partial charge on any atom is 0.223 e. The maximum absolute atomic E-state index is 14.0. The van der Waals surface area contributed by atoms with Crippen LogP contribution in [0.2, 0.25) is 0 Å². The van der Waals surface area contributed by atoms with E-state index in [2.05, 4.69) is 11.4 Å². The first-order valence-corrected chi connectivity index (χ1v) is 12.7. The summed E-state index contributed by atoms with van der Waals surface area (Å²) in [4.78, 5) is 12.6. The summed E-state index contributed by atoms with van der Waals surface area (Å²) in [6.07, 6.45) is 7.16. The number of carbonyl (C=O) groups excluding carboxylic acids is 1. The highest BCUT2D eigenvalue weighted by molar-refractivity contribution is 5.79. The van der Waals surface area contributed by atoms with Crippen molar-refractivity contribution < 1.29 is 23.8 Å². The van der Waals surface area contributed by atoms with E-state index >= 15 is 0 Å². The topological polar surface area (TPSA) is 67.8 Å². The fraction of sp³-hybridized carbons (Fsp3) is 0.536. The number of halogens is 1. The molecule has 5 nitrogen and oxygen atoms in total. The third-order valence-corrected chi connectivity index (χ3v) is 7.79. The molecule has 182 valence electrons. The second kappa shape index (κ2) is 9.95. The van der Waals surface area contributed by atoms with Crippen molar-refractivity contribution >= 4 is 5.91 Å². The predicted molar refractivity (Wildman–Crippen MR) is 127 cm³/mol. The highest BCUT2D eigenvalue weighted by Gasteiger charge is 2.32. The summed E-state index contributed by atoms with van der Waals surface area (Å²) in [5.74, 6) is 1.57. The van der Waals surface area contributed by atoms with E-state index in [4.69, 9.17) is 9.47 Å². The molecule has 3 unspecified atom stereocenters. The average Bonchev–Trinajstić information content (AvgIpc) is 3.25. The Hall–Kier alpha value is -2.60. The van der Waals surface area contributed by atoms with Crippen LogP contribution in [0.4, 0.5) is 4.39 Å². The fourth-order valence-corrected chi connectivity index (χ4v) is 5.67. The molecular formula is C28H34FNO4. The molecule has 2 aliphatic carbocycles. The van der Waals surface area contributed by atoms with Crippen molar-refractivity contribution in [1.29, 1.82) is 0 Å². The molecule has 3 atom stereocenters. The van der Waals surface area contributed by atoms with Gasteiger partial charge in [0.15, 0.2) is 0 Å². The predicted octanol–water partition coefficient (Wildman–Crippen LogP) is 5.17. The number of ether oxygens (including phenoxy) is 2. The number of hydrogen-bond donors (Lipinski definition) is 2. The van der Waals surface area contributed by atoms with Crippen LogP contribution < -0.4 is 14.8 Å². The minimum absolute atomic E-state index is 0.00722. The molecule has 6 heteroatoms. The smallest absolute Gasteiger partial charge is 0.223 e. The maximum atomic E-state index is 14.0. The summed E-state index contributed by atoms with van der Waals surface area (Å²) in [7, 11) is 0. The Balaban J connectivity index is 1.14. The second-order valence-corrected chi connectivity index (χ2v) is 10.1. The SMILES string of the molecule is Cc1c(F)cccc1C1CCc2cc(OC3CCC(C(=O)NC4CCCC4O)CC3)ccc2O1. The molecule has 0 bridgehead atoms. The first-order chi connectivity index (χ1) is 16.5. The van der Waals surface area contributed by atoms with Crippen LogP contribution in [0.15, 0.2) is 36.4 Å². The summed E-state index contributed by atoms with van der Waals surface area (Å²) in [5.41, 5.74) is 2.68. The molecule has 0 aromatic heterocycles. The molecule has 2 saturated carbocycles. The molecule has 3 aliphatic rings. The largest absolute Gasteiger partial charge is 0.490 e. The number of aliphatic hydroxyl groups excluding tert-OH is 1. The van der Waals surface area contributed by atoms with Gasteiger partial charge in [0, 0.05) is 5.92 Å². The highest BCUT2D eigenvalue weighted by Crippen LogP contribution is 2.38. The van der Waals surface area contributed by atoms with Crippen LogP contribution in [0.25, 0.3) is 0 Å².